The van der Waals surface area contributed by atoms with Crippen LogP contribution in [0.15, 0.2) is 0 Å². The predicted octanol–water partition coefficient (Wildman–Crippen LogP) is 2.69. The number of alkyl halides is 2. The summed E-state index contributed by atoms with van der Waals surface area (Å²) in [6.45, 7) is 5.78. The Hall–Kier alpha value is -0.950. The van der Waals surface area contributed by atoms with Crippen LogP contribution < -0.4 is 10.6 Å². The number of alkyl carbamates (subject to hydrolysis) is 1. The molecular formula is C15H28F2N2O3. The summed E-state index contributed by atoms with van der Waals surface area (Å²) in [5.74, 6) is 0. The molecule has 0 heterocycles. The topological polar surface area (TPSA) is 59.6 Å². The smallest absolute Gasteiger partial charge is 0.407 e. The lowest BCUT2D eigenvalue weighted by molar-refractivity contribution is 0.0178. The van der Waals surface area contributed by atoms with Gasteiger partial charge in [0, 0.05) is 18.6 Å². The van der Waals surface area contributed by atoms with Crippen LogP contribution in [0, 0.1) is 0 Å². The monoisotopic (exact) mass is 322 g/mol. The van der Waals surface area contributed by atoms with Crippen molar-refractivity contribution in [3.63, 3.8) is 0 Å². The second kappa shape index (κ2) is 9.25. The molecule has 2 unspecified atom stereocenters. The summed E-state index contributed by atoms with van der Waals surface area (Å²) >= 11 is 0. The highest BCUT2D eigenvalue weighted by Gasteiger charge is 2.25. The molecule has 0 radical (unpaired) electrons. The number of hydrogen-bond donors (Lipinski definition) is 2. The first-order chi connectivity index (χ1) is 10.3. The maximum absolute atomic E-state index is 11.9. The number of rotatable bonds is 7. The zero-order chi connectivity index (χ0) is 16.6. The molecule has 1 saturated carbocycles. The van der Waals surface area contributed by atoms with Crippen LogP contribution in [0.1, 0.15) is 46.5 Å². The standard InChI is InChI=1S/C15H28F2N2O3/c1-15(2,3)22-14(20)19-12-6-4-5-11(9-12)18-7-8-21-10-13(16)17/h11-13,18H,4-10H2,1-3H3,(H,19,20). The molecule has 1 amide bonds. The summed E-state index contributed by atoms with van der Waals surface area (Å²) < 4.78 is 33.9. The number of amides is 1. The molecule has 0 spiro atoms. The van der Waals surface area contributed by atoms with Gasteiger partial charge in [-0.25, -0.2) is 13.6 Å². The maximum atomic E-state index is 11.9. The molecule has 0 aromatic carbocycles. The van der Waals surface area contributed by atoms with Crippen LogP contribution >= 0.6 is 0 Å². The summed E-state index contributed by atoms with van der Waals surface area (Å²) in [6.07, 6.45) is 0.959. The number of nitrogens with one attached hydrogen (secondary N) is 2. The molecule has 2 atom stereocenters. The second-order valence-corrected chi connectivity index (χ2v) is 6.63. The van der Waals surface area contributed by atoms with Crippen molar-refractivity contribution in [2.24, 2.45) is 0 Å². The van der Waals surface area contributed by atoms with Crippen molar-refractivity contribution < 1.29 is 23.0 Å². The predicted molar refractivity (Wildman–Crippen MR) is 80.2 cm³/mol. The summed E-state index contributed by atoms with van der Waals surface area (Å²) in [4.78, 5) is 11.8. The van der Waals surface area contributed by atoms with E-state index in [0.717, 1.165) is 25.7 Å². The number of hydrogen-bond acceptors (Lipinski definition) is 4. The maximum Gasteiger partial charge on any atom is 0.407 e. The molecule has 0 bridgehead atoms. The summed E-state index contributed by atoms with van der Waals surface area (Å²) in [6, 6.07) is 0.354. The molecule has 0 saturated heterocycles. The van der Waals surface area contributed by atoms with Crippen molar-refractivity contribution in [2.45, 2.75) is 70.6 Å². The van der Waals surface area contributed by atoms with Crippen LogP contribution in [-0.2, 0) is 9.47 Å². The van der Waals surface area contributed by atoms with Gasteiger partial charge in [-0.15, -0.1) is 0 Å². The van der Waals surface area contributed by atoms with Gasteiger partial charge < -0.3 is 20.1 Å². The lowest BCUT2D eigenvalue weighted by Crippen LogP contribution is -2.46. The third kappa shape index (κ3) is 9.15. The Balaban J connectivity index is 2.19. The van der Waals surface area contributed by atoms with E-state index in [0.29, 0.717) is 6.54 Å². The van der Waals surface area contributed by atoms with Crippen LogP contribution in [0.25, 0.3) is 0 Å². The molecule has 0 aromatic rings. The van der Waals surface area contributed by atoms with Crippen LogP contribution in [0.4, 0.5) is 13.6 Å². The Morgan fingerprint density at radius 3 is 2.59 bits per heavy atom. The third-order valence-electron chi connectivity index (χ3n) is 3.32. The van der Waals surface area contributed by atoms with E-state index in [4.69, 9.17) is 9.47 Å². The largest absolute Gasteiger partial charge is 0.444 e. The van der Waals surface area contributed by atoms with Gasteiger partial charge in [0.05, 0.1) is 6.61 Å². The number of carbonyl (C=O) groups excluding carboxylic acids is 1. The summed E-state index contributed by atoms with van der Waals surface area (Å²) in [7, 11) is 0. The first-order valence-corrected chi connectivity index (χ1v) is 7.85. The fraction of sp³-hybridized carbons (Fsp3) is 0.933. The SMILES string of the molecule is CC(C)(C)OC(=O)NC1CCCC(NCCOCC(F)F)C1. The molecule has 5 nitrogen and oxygen atoms in total. The minimum absolute atomic E-state index is 0.0862. The second-order valence-electron chi connectivity index (χ2n) is 6.63. The molecule has 2 N–H and O–H groups in total. The number of halogens is 2. The number of carbonyl (C=O) groups is 1. The highest BCUT2D eigenvalue weighted by molar-refractivity contribution is 5.68. The van der Waals surface area contributed by atoms with Gasteiger partial charge in [0.25, 0.3) is 6.43 Å². The quantitative estimate of drug-likeness (QED) is 0.708. The average Bonchev–Trinajstić information content (AvgIpc) is 2.36. The molecule has 1 aliphatic rings. The van der Waals surface area contributed by atoms with Crippen molar-refractivity contribution in [2.75, 3.05) is 19.8 Å². The van der Waals surface area contributed by atoms with Gasteiger partial charge in [0.1, 0.15) is 12.2 Å². The van der Waals surface area contributed by atoms with Gasteiger partial charge in [-0.05, 0) is 46.5 Å². The number of ether oxygens (including phenoxy) is 2. The van der Waals surface area contributed by atoms with Gasteiger partial charge in [-0.2, -0.15) is 0 Å². The molecule has 7 heteroatoms. The van der Waals surface area contributed by atoms with E-state index in [1.165, 1.54) is 0 Å². The molecule has 0 aromatic heterocycles. The van der Waals surface area contributed by atoms with Crippen molar-refractivity contribution in [1.82, 2.24) is 10.6 Å². The van der Waals surface area contributed by atoms with Gasteiger partial charge in [-0.1, -0.05) is 0 Å². The van der Waals surface area contributed by atoms with Gasteiger partial charge >= 0.3 is 6.09 Å². The Morgan fingerprint density at radius 1 is 1.27 bits per heavy atom. The van der Waals surface area contributed by atoms with E-state index in [1.807, 2.05) is 20.8 Å². The Bertz CT molecular complexity index is 335. The van der Waals surface area contributed by atoms with E-state index in [2.05, 4.69) is 10.6 Å². The van der Waals surface area contributed by atoms with Gasteiger partial charge in [0.2, 0.25) is 0 Å². The first kappa shape index (κ1) is 19.1. The van der Waals surface area contributed by atoms with E-state index in [1.54, 1.807) is 0 Å². The van der Waals surface area contributed by atoms with E-state index >= 15 is 0 Å². The fourth-order valence-electron chi connectivity index (χ4n) is 2.49. The first-order valence-electron chi connectivity index (χ1n) is 7.85. The molecule has 22 heavy (non-hydrogen) atoms. The van der Waals surface area contributed by atoms with E-state index < -0.39 is 24.7 Å². The molecule has 0 aliphatic heterocycles. The van der Waals surface area contributed by atoms with Crippen molar-refractivity contribution in [3.05, 3.63) is 0 Å². The Labute approximate surface area is 131 Å². The Morgan fingerprint density at radius 2 is 1.95 bits per heavy atom. The lowest BCUT2D eigenvalue weighted by atomic mass is 9.91. The molecule has 1 rings (SSSR count). The van der Waals surface area contributed by atoms with Crippen LogP contribution in [-0.4, -0.2) is 50.0 Å². The van der Waals surface area contributed by atoms with Gasteiger partial charge in [0.15, 0.2) is 0 Å². The van der Waals surface area contributed by atoms with Crippen molar-refractivity contribution in [1.29, 1.82) is 0 Å². The normalized spacial score (nSPS) is 22.6. The lowest BCUT2D eigenvalue weighted by Gasteiger charge is -2.31. The van der Waals surface area contributed by atoms with Crippen LogP contribution in [0.3, 0.4) is 0 Å². The average molecular weight is 322 g/mol. The minimum atomic E-state index is -2.42. The van der Waals surface area contributed by atoms with Gasteiger partial charge in [-0.3, -0.25) is 0 Å². The molecule has 1 fully saturated rings. The minimum Gasteiger partial charge on any atom is -0.444 e. The molecular weight excluding hydrogens is 294 g/mol. The molecule has 1 aliphatic carbocycles. The van der Waals surface area contributed by atoms with Crippen molar-refractivity contribution in [3.8, 4) is 0 Å². The molecule has 130 valence electrons. The van der Waals surface area contributed by atoms with E-state index in [-0.39, 0.29) is 18.7 Å². The van der Waals surface area contributed by atoms with Crippen LogP contribution in [0.2, 0.25) is 0 Å². The zero-order valence-electron chi connectivity index (χ0n) is 13.7. The van der Waals surface area contributed by atoms with Crippen LogP contribution in [0.5, 0.6) is 0 Å². The highest BCUT2D eigenvalue weighted by Crippen LogP contribution is 2.19. The highest BCUT2D eigenvalue weighted by atomic mass is 19.3. The summed E-state index contributed by atoms with van der Waals surface area (Å²) in [5, 5.41) is 6.18. The third-order valence-corrected chi connectivity index (χ3v) is 3.32. The fourth-order valence-corrected chi connectivity index (χ4v) is 2.49. The Kier molecular flexibility index (Phi) is 8.03. The zero-order valence-corrected chi connectivity index (χ0v) is 13.7. The summed E-state index contributed by atoms with van der Waals surface area (Å²) in [5.41, 5.74) is -0.502. The van der Waals surface area contributed by atoms with E-state index in [9.17, 15) is 13.6 Å². The van der Waals surface area contributed by atoms with Crippen molar-refractivity contribution >= 4 is 6.09 Å².